The van der Waals surface area contributed by atoms with E-state index in [9.17, 15) is 9.50 Å². The molecule has 11 heteroatoms. The predicted octanol–water partition coefficient (Wildman–Crippen LogP) is 3.80. The number of hydrogen-bond donors (Lipinski definition) is 2. The van der Waals surface area contributed by atoms with E-state index in [-0.39, 0.29) is 18.0 Å². The maximum Gasteiger partial charge on any atom is 0.203 e. The third kappa shape index (κ3) is 4.81. The largest absolute Gasteiger partial charge is 0.507 e. The van der Waals surface area contributed by atoms with Crippen molar-refractivity contribution >= 4 is 5.69 Å². The number of phenols is 1. The van der Waals surface area contributed by atoms with Gasteiger partial charge >= 0.3 is 0 Å². The first kappa shape index (κ1) is 24.6. The Morgan fingerprint density at radius 3 is 2.25 bits per heavy atom. The van der Waals surface area contributed by atoms with Crippen LogP contribution in [-0.4, -0.2) is 53.8 Å². The Balaban J connectivity index is 1.81. The molecule has 0 amide bonds. The molecule has 0 spiro atoms. The minimum absolute atomic E-state index is 0.0643. The molecule has 4 aromatic rings. The first-order valence-electron chi connectivity index (χ1n) is 10.9. The SMILES string of the molecule is COc1cc(Cn2nnnc2C(Nc2ccccc2F)c2c(O)cccc2OC)cc(OC)c1OC. The summed E-state index contributed by atoms with van der Waals surface area (Å²) in [5, 5.41) is 26.1. The van der Waals surface area contributed by atoms with Crippen molar-refractivity contribution in [2.45, 2.75) is 12.6 Å². The van der Waals surface area contributed by atoms with Crippen LogP contribution in [0.25, 0.3) is 0 Å². The number of halogens is 1. The summed E-state index contributed by atoms with van der Waals surface area (Å²) in [6.07, 6.45) is 0. The molecule has 0 aliphatic carbocycles. The first-order valence-corrected chi connectivity index (χ1v) is 10.9. The summed E-state index contributed by atoms with van der Waals surface area (Å²) < 4.78 is 38.0. The van der Waals surface area contributed by atoms with Gasteiger partial charge < -0.3 is 29.4 Å². The Labute approximate surface area is 207 Å². The molecule has 0 radical (unpaired) electrons. The summed E-state index contributed by atoms with van der Waals surface area (Å²) >= 11 is 0. The van der Waals surface area contributed by atoms with Crippen molar-refractivity contribution in [3.63, 3.8) is 0 Å². The van der Waals surface area contributed by atoms with Crippen molar-refractivity contribution in [1.29, 1.82) is 0 Å². The van der Waals surface area contributed by atoms with Gasteiger partial charge in [0.2, 0.25) is 5.75 Å². The number of para-hydroxylation sites is 1. The molecule has 36 heavy (non-hydrogen) atoms. The van der Waals surface area contributed by atoms with Gasteiger partial charge in [-0.25, -0.2) is 9.07 Å². The number of methoxy groups -OCH3 is 4. The lowest BCUT2D eigenvalue weighted by Gasteiger charge is -2.23. The van der Waals surface area contributed by atoms with Crippen LogP contribution in [0.5, 0.6) is 28.7 Å². The highest BCUT2D eigenvalue weighted by molar-refractivity contribution is 5.56. The van der Waals surface area contributed by atoms with E-state index in [1.807, 2.05) is 0 Å². The molecule has 10 nitrogen and oxygen atoms in total. The van der Waals surface area contributed by atoms with Gasteiger partial charge in [0.1, 0.15) is 23.4 Å². The van der Waals surface area contributed by atoms with Crippen LogP contribution in [0.3, 0.4) is 0 Å². The zero-order chi connectivity index (χ0) is 25.7. The number of rotatable bonds is 10. The van der Waals surface area contributed by atoms with E-state index in [1.165, 1.54) is 45.3 Å². The van der Waals surface area contributed by atoms with Crippen LogP contribution >= 0.6 is 0 Å². The second-order valence-electron chi connectivity index (χ2n) is 7.68. The number of aromatic nitrogens is 4. The summed E-state index contributed by atoms with van der Waals surface area (Å²) in [6.45, 7) is 0.213. The van der Waals surface area contributed by atoms with Crippen molar-refractivity contribution in [1.82, 2.24) is 20.2 Å². The van der Waals surface area contributed by atoms with E-state index in [0.29, 0.717) is 34.4 Å². The normalized spacial score (nSPS) is 11.6. The molecule has 1 atom stereocenters. The van der Waals surface area contributed by atoms with Crippen LogP contribution in [0.15, 0.2) is 54.6 Å². The Morgan fingerprint density at radius 1 is 0.917 bits per heavy atom. The lowest BCUT2D eigenvalue weighted by molar-refractivity contribution is 0.323. The number of benzene rings is 3. The number of hydrogen-bond acceptors (Lipinski definition) is 9. The summed E-state index contributed by atoms with van der Waals surface area (Å²) in [7, 11) is 6.07. The maximum absolute atomic E-state index is 14.6. The van der Waals surface area contributed by atoms with Crippen molar-refractivity contribution in [2.24, 2.45) is 0 Å². The second-order valence-corrected chi connectivity index (χ2v) is 7.68. The third-order valence-electron chi connectivity index (χ3n) is 5.60. The van der Waals surface area contributed by atoms with E-state index < -0.39 is 11.9 Å². The van der Waals surface area contributed by atoms with Gasteiger partial charge in [0.15, 0.2) is 17.3 Å². The summed E-state index contributed by atoms with van der Waals surface area (Å²) in [5.41, 5.74) is 1.31. The van der Waals surface area contributed by atoms with E-state index in [1.54, 1.807) is 42.5 Å². The van der Waals surface area contributed by atoms with Gasteiger partial charge in [0.25, 0.3) is 0 Å². The molecule has 0 bridgehead atoms. The van der Waals surface area contributed by atoms with Crippen LogP contribution in [0.1, 0.15) is 23.0 Å². The fraction of sp³-hybridized carbons (Fsp3) is 0.240. The Morgan fingerprint density at radius 2 is 1.61 bits per heavy atom. The van der Waals surface area contributed by atoms with E-state index >= 15 is 0 Å². The van der Waals surface area contributed by atoms with Crippen LogP contribution in [0, 0.1) is 5.82 Å². The Hall–Kier alpha value is -4.54. The predicted molar refractivity (Wildman–Crippen MR) is 130 cm³/mol. The first-order chi connectivity index (χ1) is 17.5. The molecule has 0 saturated carbocycles. The molecule has 4 rings (SSSR count). The smallest absolute Gasteiger partial charge is 0.203 e. The fourth-order valence-electron chi connectivity index (χ4n) is 3.93. The highest BCUT2D eigenvalue weighted by Gasteiger charge is 2.28. The molecule has 1 unspecified atom stereocenters. The fourth-order valence-corrected chi connectivity index (χ4v) is 3.93. The summed E-state index contributed by atoms with van der Waals surface area (Å²) in [5.74, 6) is 1.57. The number of nitrogens with one attached hydrogen (secondary N) is 1. The highest BCUT2D eigenvalue weighted by atomic mass is 19.1. The van der Waals surface area contributed by atoms with Gasteiger partial charge in [-0.15, -0.1) is 5.10 Å². The van der Waals surface area contributed by atoms with Crippen LogP contribution in [0.4, 0.5) is 10.1 Å². The molecular weight excluding hydrogens is 469 g/mol. The molecule has 0 fully saturated rings. The summed E-state index contributed by atoms with van der Waals surface area (Å²) in [4.78, 5) is 0. The van der Waals surface area contributed by atoms with E-state index in [2.05, 4.69) is 20.8 Å². The number of aromatic hydroxyl groups is 1. The monoisotopic (exact) mass is 495 g/mol. The lowest BCUT2D eigenvalue weighted by atomic mass is 10.0. The van der Waals surface area contributed by atoms with Gasteiger partial charge in [0.05, 0.1) is 46.2 Å². The third-order valence-corrected chi connectivity index (χ3v) is 5.60. The number of phenolic OH excluding ortho intramolecular Hbond substituents is 1. The second kappa shape index (κ2) is 10.8. The average Bonchev–Trinajstić information content (AvgIpc) is 3.35. The average molecular weight is 496 g/mol. The van der Waals surface area contributed by atoms with E-state index in [0.717, 1.165) is 5.56 Å². The van der Waals surface area contributed by atoms with Gasteiger partial charge in [-0.3, -0.25) is 0 Å². The molecule has 0 saturated heterocycles. The zero-order valence-electron chi connectivity index (χ0n) is 20.2. The molecule has 1 aromatic heterocycles. The lowest BCUT2D eigenvalue weighted by Crippen LogP contribution is -2.20. The quantitative estimate of drug-likeness (QED) is 0.339. The van der Waals surface area contributed by atoms with E-state index in [4.69, 9.17) is 18.9 Å². The number of tetrazole rings is 1. The van der Waals surface area contributed by atoms with Gasteiger partial charge in [-0.1, -0.05) is 18.2 Å². The molecule has 0 aliphatic rings. The molecule has 0 aliphatic heterocycles. The van der Waals surface area contributed by atoms with Gasteiger partial charge in [0, 0.05) is 0 Å². The standard InChI is InChI=1S/C25H26FN5O5/c1-33-19-11-7-10-18(32)22(19)23(27-17-9-6-5-8-16(17)26)25-28-29-30-31(25)14-15-12-20(34-2)24(36-4)21(13-15)35-3/h5-13,23,27,32H,14H2,1-4H3. The van der Waals surface area contributed by atoms with Crippen molar-refractivity contribution in [2.75, 3.05) is 33.8 Å². The number of ether oxygens (including phenoxy) is 4. The number of anilines is 1. The van der Waals surface area contributed by atoms with Crippen molar-refractivity contribution in [3.05, 3.63) is 77.4 Å². The Bertz CT molecular complexity index is 1320. The summed E-state index contributed by atoms with van der Waals surface area (Å²) in [6, 6.07) is 13.8. The van der Waals surface area contributed by atoms with Crippen LogP contribution in [-0.2, 0) is 6.54 Å². The Kier molecular flexibility index (Phi) is 7.38. The van der Waals surface area contributed by atoms with Gasteiger partial charge in [-0.05, 0) is 52.4 Å². The maximum atomic E-state index is 14.6. The minimum Gasteiger partial charge on any atom is -0.507 e. The van der Waals surface area contributed by atoms with Crippen LogP contribution in [0.2, 0.25) is 0 Å². The molecular formula is C25H26FN5O5. The van der Waals surface area contributed by atoms with Crippen molar-refractivity contribution in [3.8, 4) is 28.7 Å². The zero-order valence-corrected chi connectivity index (χ0v) is 20.2. The van der Waals surface area contributed by atoms with Crippen LogP contribution < -0.4 is 24.3 Å². The highest BCUT2D eigenvalue weighted by Crippen LogP contribution is 2.40. The minimum atomic E-state index is -0.866. The molecule has 188 valence electrons. The number of nitrogens with zero attached hydrogens (tertiary/aromatic N) is 4. The molecule has 1 heterocycles. The molecule has 2 N–H and O–H groups in total. The van der Waals surface area contributed by atoms with Gasteiger partial charge in [-0.2, -0.15) is 0 Å². The molecule has 3 aromatic carbocycles. The van der Waals surface area contributed by atoms with Crippen molar-refractivity contribution < 1.29 is 28.4 Å². The topological polar surface area (TPSA) is 113 Å².